The van der Waals surface area contributed by atoms with Gasteiger partial charge in [0.25, 0.3) is 0 Å². The van der Waals surface area contributed by atoms with Crippen LogP contribution in [0.3, 0.4) is 0 Å². The van der Waals surface area contributed by atoms with Gasteiger partial charge in [0.15, 0.2) is 0 Å². The van der Waals surface area contributed by atoms with E-state index in [1.807, 2.05) is 0 Å². The molecular formula is C14H22N2. The van der Waals surface area contributed by atoms with Crippen LogP contribution in [-0.2, 0) is 0 Å². The molecule has 16 heavy (non-hydrogen) atoms. The van der Waals surface area contributed by atoms with Crippen molar-refractivity contribution >= 4 is 0 Å². The summed E-state index contributed by atoms with van der Waals surface area (Å²) in [5, 5.41) is 3.40. The maximum absolute atomic E-state index is 3.40. The van der Waals surface area contributed by atoms with E-state index in [4.69, 9.17) is 0 Å². The largest absolute Gasteiger partial charge is 0.314 e. The zero-order valence-corrected chi connectivity index (χ0v) is 10.6. The predicted molar refractivity (Wildman–Crippen MR) is 68.8 cm³/mol. The second-order valence-corrected chi connectivity index (χ2v) is 4.82. The number of nitrogens with one attached hydrogen (secondary N) is 1. The smallest absolute Gasteiger partial charge is 0.0323 e. The lowest BCUT2D eigenvalue weighted by molar-refractivity contribution is 0.185. The van der Waals surface area contributed by atoms with E-state index in [1.165, 1.54) is 16.7 Å². The second kappa shape index (κ2) is 4.98. The van der Waals surface area contributed by atoms with E-state index < -0.39 is 0 Å². The van der Waals surface area contributed by atoms with Gasteiger partial charge >= 0.3 is 0 Å². The molecular weight excluding hydrogens is 196 g/mol. The topological polar surface area (TPSA) is 15.3 Å². The van der Waals surface area contributed by atoms with Crippen molar-refractivity contribution in [2.75, 3.05) is 26.2 Å². The molecule has 1 aromatic carbocycles. The molecule has 1 atom stereocenters. The zero-order chi connectivity index (χ0) is 11.5. The summed E-state index contributed by atoms with van der Waals surface area (Å²) in [5.41, 5.74) is 4.26. The summed E-state index contributed by atoms with van der Waals surface area (Å²) in [6.45, 7) is 11.3. The van der Waals surface area contributed by atoms with Gasteiger partial charge in [-0.2, -0.15) is 0 Å². The molecule has 0 bridgehead atoms. The summed E-state index contributed by atoms with van der Waals surface area (Å²) in [7, 11) is 0. The number of rotatable bonds is 2. The molecule has 2 nitrogen and oxygen atoms in total. The van der Waals surface area contributed by atoms with E-state index >= 15 is 0 Å². The normalized spacial score (nSPS) is 19.7. The third-order valence-corrected chi connectivity index (χ3v) is 3.57. The molecule has 0 aromatic heterocycles. The molecule has 0 aliphatic carbocycles. The highest BCUT2D eigenvalue weighted by molar-refractivity contribution is 5.32. The summed E-state index contributed by atoms with van der Waals surface area (Å²) >= 11 is 0. The van der Waals surface area contributed by atoms with Crippen molar-refractivity contribution in [2.24, 2.45) is 0 Å². The molecule has 88 valence electrons. The van der Waals surface area contributed by atoms with E-state index in [9.17, 15) is 0 Å². The van der Waals surface area contributed by atoms with Gasteiger partial charge in [0.1, 0.15) is 0 Å². The lowest BCUT2D eigenvalue weighted by Crippen LogP contribution is -2.44. The predicted octanol–water partition coefficient (Wildman–Crippen LogP) is 2.27. The molecule has 1 N–H and O–H groups in total. The van der Waals surface area contributed by atoms with E-state index in [0.29, 0.717) is 6.04 Å². The van der Waals surface area contributed by atoms with Crippen LogP contribution in [0.2, 0.25) is 0 Å². The van der Waals surface area contributed by atoms with Crippen LogP contribution < -0.4 is 5.32 Å². The Morgan fingerprint density at radius 1 is 1.19 bits per heavy atom. The van der Waals surface area contributed by atoms with Gasteiger partial charge < -0.3 is 5.32 Å². The Kier molecular flexibility index (Phi) is 3.62. The molecule has 0 amide bonds. The zero-order valence-electron chi connectivity index (χ0n) is 10.6. The SMILES string of the molecule is Cc1ccc(C(C)N2CCNCC2)c(C)c1. The van der Waals surface area contributed by atoms with Gasteiger partial charge in [0, 0.05) is 32.2 Å². The third-order valence-electron chi connectivity index (χ3n) is 3.57. The van der Waals surface area contributed by atoms with Crippen LogP contribution >= 0.6 is 0 Å². The van der Waals surface area contributed by atoms with Crippen LogP contribution in [0, 0.1) is 13.8 Å². The van der Waals surface area contributed by atoms with Crippen molar-refractivity contribution in [1.82, 2.24) is 10.2 Å². The Morgan fingerprint density at radius 3 is 2.50 bits per heavy atom. The molecule has 0 saturated carbocycles. The van der Waals surface area contributed by atoms with Crippen LogP contribution in [0.1, 0.15) is 29.7 Å². The summed E-state index contributed by atoms with van der Waals surface area (Å²) in [4.78, 5) is 2.56. The summed E-state index contributed by atoms with van der Waals surface area (Å²) in [5.74, 6) is 0. The monoisotopic (exact) mass is 218 g/mol. The van der Waals surface area contributed by atoms with Crippen molar-refractivity contribution in [3.05, 3.63) is 34.9 Å². The summed E-state index contributed by atoms with van der Waals surface area (Å²) in [6, 6.07) is 7.34. The fraction of sp³-hybridized carbons (Fsp3) is 0.571. The third kappa shape index (κ3) is 2.45. The highest BCUT2D eigenvalue weighted by atomic mass is 15.2. The van der Waals surface area contributed by atoms with Crippen LogP contribution in [0.5, 0.6) is 0 Å². The minimum Gasteiger partial charge on any atom is -0.314 e. The quantitative estimate of drug-likeness (QED) is 0.819. The average molecular weight is 218 g/mol. The molecule has 1 heterocycles. The first-order valence-corrected chi connectivity index (χ1v) is 6.20. The number of benzene rings is 1. The van der Waals surface area contributed by atoms with Crippen LogP contribution in [0.4, 0.5) is 0 Å². The minimum atomic E-state index is 0.544. The number of nitrogens with zero attached hydrogens (tertiary/aromatic N) is 1. The van der Waals surface area contributed by atoms with Crippen molar-refractivity contribution in [2.45, 2.75) is 26.8 Å². The van der Waals surface area contributed by atoms with Crippen molar-refractivity contribution < 1.29 is 0 Å². The summed E-state index contributed by atoms with van der Waals surface area (Å²) in [6.07, 6.45) is 0. The van der Waals surface area contributed by atoms with Crippen molar-refractivity contribution in [1.29, 1.82) is 0 Å². The van der Waals surface area contributed by atoms with Crippen LogP contribution in [-0.4, -0.2) is 31.1 Å². The maximum Gasteiger partial charge on any atom is 0.0323 e. The van der Waals surface area contributed by atoms with Crippen molar-refractivity contribution in [3.8, 4) is 0 Å². The number of hydrogen-bond donors (Lipinski definition) is 1. The Balaban J connectivity index is 2.15. The van der Waals surface area contributed by atoms with Gasteiger partial charge in [0.2, 0.25) is 0 Å². The van der Waals surface area contributed by atoms with Gasteiger partial charge in [-0.1, -0.05) is 23.8 Å². The fourth-order valence-electron chi connectivity index (χ4n) is 2.56. The van der Waals surface area contributed by atoms with Gasteiger partial charge in [-0.15, -0.1) is 0 Å². The van der Waals surface area contributed by atoms with E-state index in [1.54, 1.807) is 0 Å². The first kappa shape index (κ1) is 11.6. The number of piperazine rings is 1. The standard InChI is InChI=1S/C14H22N2/c1-11-4-5-14(12(2)10-11)13(3)16-8-6-15-7-9-16/h4-5,10,13,15H,6-9H2,1-3H3. The van der Waals surface area contributed by atoms with E-state index in [0.717, 1.165) is 26.2 Å². The molecule has 2 rings (SSSR count). The molecule has 1 unspecified atom stereocenters. The Bertz CT molecular complexity index is 354. The fourth-order valence-corrected chi connectivity index (χ4v) is 2.56. The van der Waals surface area contributed by atoms with Crippen LogP contribution in [0.15, 0.2) is 18.2 Å². The van der Waals surface area contributed by atoms with Gasteiger partial charge in [-0.25, -0.2) is 0 Å². The minimum absolute atomic E-state index is 0.544. The number of aryl methyl sites for hydroxylation is 2. The first-order valence-electron chi connectivity index (χ1n) is 6.20. The second-order valence-electron chi connectivity index (χ2n) is 4.82. The lowest BCUT2D eigenvalue weighted by atomic mass is 9.99. The molecule has 0 spiro atoms. The lowest BCUT2D eigenvalue weighted by Gasteiger charge is -2.33. The molecule has 1 aromatic rings. The molecule has 1 aliphatic heterocycles. The van der Waals surface area contributed by atoms with Crippen LogP contribution in [0.25, 0.3) is 0 Å². The molecule has 2 heteroatoms. The number of hydrogen-bond acceptors (Lipinski definition) is 2. The Labute approximate surface area is 98.7 Å². The highest BCUT2D eigenvalue weighted by Gasteiger charge is 2.18. The molecule has 1 saturated heterocycles. The van der Waals surface area contributed by atoms with Gasteiger partial charge in [-0.05, 0) is 31.9 Å². The maximum atomic E-state index is 3.40. The van der Waals surface area contributed by atoms with E-state index in [2.05, 4.69) is 49.2 Å². The van der Waals surface area contributed by atoms with Crippen molar-refractivity contribution in [3.63, 3.8) is 0 Å². The first-order chi connectivity index (χ1) is 7.68. The Morgan fingerprint density at radius 2 is 1.88 bits per heavy atom. The van der Waals surface area contributed by atoms with E-state index in [-0.39, 0.29) is 0 Å². The summed E-state index contributed by atoms with van der Waals surface area (Å²) < 4.78 is 0. The Hall–Kier alpha value is -0.860. The van der Waals surface area contributed by atoms with Gasteiger partial charge in [0.05, 0.1) is 0 Å². The highest BCUT2D eigenvalue weighted by Crippen LogP contribution is 2.24. The molecule has 1 fully saturated rings. The van der Waals surface area contributed by atoms with Gasteiger partial charge in [-0.3, -0.25) is 4.90 Å². The molecule has 1 aliphatic rings. The molecule has 0 radical (unpaired) electrons. The average Bonchev–Trinajstić information content (AvgIpc) is 2.29.